The van der Waals surface area contributed by atoms with E-state index >= 15 is 0 Å². The summed E-state index contributed by atoms with van der Waals surface area (Å²) in [5, 5.41) is 2.77. The Bertz CT molecular complexity index is 878. The minimum absolute atomic E-state index is 0.285. The number of nitrogens with zero attached hydrogens (tertiary/aromatic N) is 2. The molecule has 3 amide bonds. The molecule has 1 aromatic carbocycles. The van der Waals surface area contributed by atoms with E-state index in [4.69, 9.17) is 4.74 Å². The number of amides is 3. The number of aromatic nitrogens is 1. The van der Waals surface area contributed by atoms with E-state index in [0.717, 1.165) is 34.4 Å². The number of carbonyl (C=O) groups is 2. The average Bonchev–Trinajstić information content (AvgIpc) is 2.91. The van der Waals surface area contributed by atoms with Gasteiger partial charge < -0.3 is 10.1 Å². The Morgan fingerprint density at radius 2 is 2.04 bits per heavy atom. The number of hydrogen-bond donors (Lipinski definition) is 1. The molecule has 25 heavy (non-hydrogen) atoms. The molecule has 4 rings (SSSR count). The van der Waals surface area contributed by atoms with Crippen molar-refractivity contribution in [2.45, 2.75) is 32.9 Å². The van der Waals surface area contributed by atoms with E-state index in [0.29, 0.717) is 18.9 Å². The number of anilines is 1. The fourth-order valence-corrected chi connectivity index (χ4v) is 3.24. The summed E-state index contributed by atoms with van der Waals surface area (Å²) in [4.78, 5) is 30.9. The van der Waals surface area contributed by atoms with Crippen molar-refractivity contribution in [2.75, 3.05) is 11.5 Å². The predicted octanol–water partition coefficient (Wildman–Crippen LogP) is 2.57. The Hall–Kier alpha value is -2.73. The highest BCUT2D eigenvalue weighted by Gasteiger charge is 2.40. The molecule has 1 aromatic heterocycles. The lowest BCUT2D eigenvalue weighted by Crippen LogP contribution is -2.31. The van der Waals surface area contributed by atoms with E-state index in [2.05, 4.69) is 10.3 Å². The molecule has 0 spiro atoms. The van der Waals surface area contributed by atoms with Gasteiger partial charge in [0.15, 0.2) is 0 Å². The van der Waals surface area contributed by atoms with Gasteiger partial charge in [0.1, 0.15) is 6.04 Å². The predicted molar refractivity (Wildman–Crippen MR) is 92.3 cm³/mol. The van der Waals surface area contributed by atoms with E-state index in [9.17, 15) is 9.59 Å². The maximum Gasteiger partial charge on any atom is 0.329 e. The second-order valence-electron chi connectivity index (χ2n) is 6.50. The first-order valence-electron chi connectivity index (χ1n) is 8.32. The maximum absolute atomic E-state index is 12.9. The van der Waals surface area contributed by atoms with Gasteiger partial charge in [0.25, 0.3) is 5.91 Å². The number of pyridine rings is 1. The molecule has 1 saturated heterocycles. The molecule has 6 heteroatoms. The minimum atomic E-state index is -0.668. The first-order valence-corrected chi connectivity index (χ1v) is 8.32. The molecule has 1 N–H and O–H groups in total. The molecule has 6 nitrogen and oxygen atoms in total. The van der Waals surface area contributed by atoms with Crippen LogP contribution in [0.15, 0.2) is 30.5 Å². The number of rotatable bonds is 2. The molecule has 0 saturated carbocycles. The number of nitrogens with one attached hydrogen (secondary N) is 1. The largest absolute Gasteiger partial charge is 0.376 e. The van der Waals surface area contributed by atoms with Crippen LogP contribution in [0, 0.1) is 13.8 Å². The number of benzene rings is 1. The number of hydrogen-bond acceptors (Lipinski definition) is 4. The molecule has 0 aliphatic carbocycles. The third-order valence-corrected chi connectivity index (χ3v) is 4.85. The van der Waals surface area contributed by atoms with Crippen LogP contribution in [0.1, 0.15) is 34.0 Å². The van der Waals surface area contributed by atoms with Gasteiger partial charge in [0, 0.05) is 17.7 Å². The lowest BCUT2D eigenvalue weighted by Gasteiger charge is -2.19. The van der Waals surface area contributed by atoms with E-state index in [1.165, 1.54) is 4.90 Å². The first-order chi connectivity index (χ1) is 12.0. The lowest BCUT2D eigenvalue weighted by atomic mass is 10.0. The zero-order valence-electron chi connectivity index (χ0n) is 14.2. The van der Waals surface area contributed by atoms with Crippen LogP contribution in [0.2, 0.25) is 0 Å². The van der Waals surface area contributed by atoms with Crippen LogP contribution in [-0.2, 0) is 22.6 Å². The molecule has 0 bridgehead atoms. The molecule has 2 aliphatic heterocycles. The fourth-order valence-electron chi connectivity index (χ4n) is 3.24. The number of ether oxygens (including phenoxy) is 1. The summed E-state index contributed by atoms with van der Waals surface area (Å²) in [6.45, 7) is 5.12. The minimum Gasteiger partial charge on any atom is -0.376 e. The van der Waals surface area contributed by atoms with Crippen molar-refractivity contribution in [3.05, 3.63) is 58.4 Å². The van der Waals surface area contributed by atoms with Crippen LogP contribution in [0.4, 0.5) is 10.5 Å². The zero-order chi connectivity index (χ0) is 17.6. The second kappa shape index (κ2) is 5.97. The van der Waals surface area contributed by atoms with Crippen molar-refractivity contribution in [2.24, 2.45) is 0 Å². The van der Waals surface area contributed by atoms with Crippen molar-refractivity contribution in [3.8, 4) is 0 Å². The van der Waals surface area contributed by atoms with Crippen molar-refractivity contribution < 1.29 is 14.3 Å². The van der Waals surface area contributed by atoms with Gasteiger partial charge in [-0.2, -0.15) is 0 Å². The summed E-state index contributed by atoms with van der Waals surface area (Å²) in [6.07, 6.45) is 2.34. The van der Waals surface area contributed by atoms with E-state index < -0.39 is 12.1 Å². The fraction of sp³-hybridized carbons (Fsp3) is 0.316. The van der Waals surface area contributed by atoms with Gasteiger partial charge in [-0.25, -0.2) is 9.69 Å². The van der Waals surface area contributed by atoms with Crippen LogP contribution in [0.5, 0.6) is 0 Å². The third kappa shape index (κ3) is 2.68. The molecule has 1 atom stereocenters. The van der Waals surface area contributed by atoms with Crippen molar-refractivity contribution in [1.82, 2.24) is 10.3 Å². The smallest absolute Gasteiger partial charge is 0.329 e. The van der Waals surface area contributed by atoms with Gasteiger partial charge in [0.2, 0.25) is 0 Å². The monoisotopic (exact) mass is 337 g/mol. The van der Waals surface area contributed by atoms with Crippen LogP contribution < -0.4 is 10.2 Å². The number of fused-ring (bicyclic) bond motifs is 1. The maximum atomic E-state index is 12.9. The molecule has 3 heterocycles. The zero-order valence-corrected chi connectivity index (χ0v) is 14.2. The Morgan fingerprint density at radius 3 is 2.84 bits per heavy atom. The van der Waals surface area contributed by atoms with Gasteiger partial charge in [-0.1, -0.05) is 18.2 Å². The topological polar surface area (TPSA) is 71.5 Å². The molecule has 128 valence electrons. The first kappa shape index (κ1) is 15.8. The van der Waals surface area contributed by atoms with E-state index in [1.807, 2.05) is 38.1 Å². The Labute approximate surface area is 145 Å². The molecule has 1 unspecified atom stereocenters. The van der Waals surface area contributed by atoms with E-state index in [-0.39, 0.29) is 5.91 Å². The van der Waals surface area contributed by atoms with Gasteiger partial charge >= 0.3 is 6.03 Å². The summed E-state index contributed by atoms with van der Waals surface area (Å²) in [5.74, 6) is -0.285. The van der Waals surface area contributed by atoms with Crippen molar-refractivity contribution >= 4 is 17.6 Å². The average molecular weight is 337 g/mol. The number of urea groups is 1. The van der Waals surface area contributed by atoms with Crippen LogP contribution in [-0.4, -0.2) is 23.5 Å². The van der Waals surface area contributed by atoms with E-state index in [1.54, 1.807) is 6.20 Å². The molecule has 2 aliphatic rings. The molecular weight excluding hydrogens is 318 g/mol. The van der Waals surface area contributed by atoms with Gasteiger partial charge in [-0.05, 0) is 36.6 Å². The van der Waals surface area contributed by atoms with Gasteiger partial charge in [-0.3, -0.25) is 9.78 Å². The number of carbonyl (C=O) groups excluding carboxylic acids is 2. The summed E-state index contributed by atoms with van der Waals surface area (Å²) < 4.78 is 5.44. The molecular formula is C19H19N3O3. The summed E-state index contributed by atoms with van der Waals surface area (Å²) in [7, 11) is 0. The third-order valence-electron chi connectivity index (χ3n) is 4.85. The molecule has 1 fully saturated rings. The summed E-state index contributed by atoms with van der Waals surface area (Å²) in [6, 6.07) is 6.52. The van der Waals surface area contributed by atoms with Gasteiger partial charge in [0.05, 0.1) is 25.1 Å². The Balaban J connectivity index is 1.66. The number of aryl methyl sites for hydroxylation is 2. The van der Waals surface area contributed by atoms with Crippen molar-refractivity contribution in [1.29, 1.82) is 0 Å². The Morgan fingerprint density at radius 1 is 1.20 bits per heavy atom. The molecule has 2 aromatic rings. The standard InChI is InChI=1S/C19H19N3O3/c1-11-3-4-13(7-12(11)2)17-18(23)22(19(24)21-17)15-8-14-10-25-6-5-16(14)20-9-15/h3-4,7-9,17H,5-6,10H2,1-2H3,(H,21,24). The van der Waals surface area contributed by atoms with Crippen molar-refractivity contribution in [3.63, 3.8) is 0 Å². The Kier molecular flexibility index (Phi) is 3.77. The highest BCUT2D eigenvalue weighted by molar-refractivity contribution is 6.21. The highest BCUT2D eigenvalue weighted by atomic mass is 16.5. The van der Waals surface area contributed by atoms with Crippen LogP contribution >= 0.6 is 0 Å². The quantitative estimate of drug-likeness (QED) is 0.855. The normalized spacial score (nSPS) is 19.8. The summed E-state index contributed by atoms with van der Waals surface area (Å²) >= 11 is 0. The van der Waals surface area contributed by atoms with Gasteiger partial charge in [-0.15, -0.1) is 0 Å². The second-order valence-corrected chi connectivity index (χ2v) is 6.50. The highest BCUT2D eigenvalue weighted by Crippen LogP contribution is 2.29. The summed E-state index contributed by atoms with van der Waals surface area (Å²) in [5.41, 5.74) is 5.41. The number of imide groups is 1. The SMILES string of the molecule is Cc1ccc(C2NC(=O)N(c3cnc4c(c3)COCC4)C2=O)cc1C. The lowest BCUT2D eigenvalue weighted by molar-refractivity contribution is -0.118. The molecule has 0 radical (unpaired) electrons. The van der Waals surface area contributed by atoms with Crippen LogP contribution in [0.3, 0.4) is 0 Å². The van der Waals surface area contributed by atoms with Crippen LogP contribution in [0.25, 0.3) is 0 Å².